The van der Waals surface area contributed by atoms with Gasteiger partial charge in [0.15, 0.2) is 5.82 Å². The Morgan fingerprint density at radius 1 is 1.39 bits per heavy atom. The number of nitrogens with one attached hydrogen (secondary N) is 1. The van der Waals surface area contributed by atoms with E-state index in [1.165, 1.54) is 0 Å². The summed E-state index contributed by atoms with van der Waals surface area (Å²) in [6.45, 7) is 10.2. The van der Waals surface area contributed by atoms with Gasteiger partial charge >= 0.3 is 0 Å². The molecule has 0 aliphatic rings. The Bertz CT molecular complexity index is 369. The quantitative estimate of drug-likeness (QED) is 0.567. The summed E-state index contributed by atoms with van der Waals surface area (Å²) in [6.07, 6.45) is 0. The van der Waals surface area contributed by atoms with Crippen LogP contribution in [0.3, 0.4) is 0 Å². The third-order valence-corrected chi connectivity index (χ3v) is 2.60. The molecule has 0 bridgehead atoms. The Kier molecular flexibility index (Phi) is 5.80. The van der Waals surface area contributed by atoms with E-state index in [1.807, 2.05) is 13.0 Å². The van der Waals surface area contributed by atoms with Crippen molar-refractivity contribution in [3.63, 3.8) is 0 Å². The first kappa shape index (κ1) is 14.7. The highest BCUT2D eigenvalue weighted by Crippen LogP contribution is 2.18. The number of anilines is 2. The predicted molar refractivity (Wildman–Crippen MR) is 73.3 cm³/mol. The normalized spacial score (nSPS) is 10.8. The molecule has 1 aromatic rings. The number of nitrogens with two attached hydrogens (primary N) is 1. The summed E-state index contributed by atoms with van der Waals surface area (Å²) in [5, 5.41) is 0. The number of nitrogens with zero attached hydrogens (tertiary/aromatic N) is 3. The molecule has 0 aliphatic heterocycles. The average Bonchev–Trinajstić information content (AvgIpc) is 2.36. The molecule has 102 valence electrons. The predicted octanol–water partition coefficient (Wildman–Crippen LogP) is 1.53. The molecule has 0 radical (unpaired) electrons. The molecule has 3 N–H and O–H groups in total. The van der Waals surface area contributed by atoms with Crippen molar-refractivity contribution in [2.24, 2.45) is 5.84 Å². The molecule has 6 nitrogen and oxygen atoms in total. The number of hydrazine groups is 1. The second kappa shape index (κ2) is 7.13. The van der Waals surface area contributed by atoms with Gasteiger partial charge in [-0.2, -0.15) is 0 Å². The zero-order valence-corrected chi connectivity index (χ0v) is 11.6. The van der Waals surface area contributed by atoms with E-state index in [0.717, 1.165) is 12.4 Å². The Balaban J connectivity index is 3.02. The van der Waals surface area contributed by atoms with E-state index in [-0.39, 0.29) is 0 Å². The van der Waals surface area contributed by atoms with E-state index in [0.29, 0.717) is 30.9 Å². The third kappa shape index (κ3) is 3.82. The van der Waals surface area contributed by atoms with Gasteiger partial charge in [-0.05, 0) is 27.7 Å². The Morgan fingerprint density at radius 3 is 2.61 bits per heavy atom. The average molecular weight is 253 g/mol. The van der Waals surface area contributed by atoms with Crippen LogP contribution < -0.4 is 16.2 Å². The van der Waals surface area contributed by atoms with Gasteiger partial charge in [0.05, 0.1) is 0 Å². The van der Waals surface area contributed by atoms with Gasteiger partial charge in [-0.1, -0.05) is 0 Å². The second-order valence-corrected chi connectivity index (χ2v) is 4.19. The lowest BCUT2D eigenvalue weighted by Crippen LogP contribution is -2.31. The van der Waals surface area contributed by atoms with Crippen LogP contribution in [0, 0.1) is 0 Å². The van der Waals surface area contributed by atoms with Crippen molar-refractivity contribution in [3.05, 3.63) is 11.9 Å². The summed E-state index contributed by atoms with van der Waals surface area (Å²) in [5.74, 6) is 7.55. The maximum Gasteiger partial charge on any atom is 0.158 e. The Morgan fingerprint density at radius 2 is 2.11 bits per heavy atom. The minimum Gasteiger partial charge on any atom is -0.374 e. The molecular formula is C12H23N5O. The first-order chi connectivity index (χ1) is 8.62. The maximum atomic E-state index is 5.43. The van der Waals surface area contributed by atoms with Gasteiger partial charge in [-0.25, -0.2) is 15.8 Å². The molecule has 0 fully saturated rings. The van der Waals surface area contributed by atoms with Crippen molar-refractivity contribution in [1.82, 2.24) is 9.97 Å². The molecule has 0 aliphatic carbocycles. The lowest BCUT2D eigenvalue weighted by molar-refractivity contribution is 0.128. The van der Waals surface area contributed by atoms with Crippen LogP contribution in [0.25, 0.3) is 0 Å². The SMILES string of the molecule is CCOCc1nc(NN)cc(N(CC)C(C)C)n1. The minimum atomic E-state index is 0.371. The molecule has 1 heterocycles. The minimum absolute atomic E-state index is 0.371. The van der Waals surface area contributed by atoms with Crippen molar-refractivity contribution in [1.29, 1.82) is 0 Å². The summed E-state index contributed by atoms with van der Waals surface area (Å²) in [7, 11) is 0. The molecule has 0 aromatic carbocycles. The zero-order chi connectivity index (χ0) is 13.5. The van der Waals surface area contributed by atoms with E-state index in [4.69, 9.17) is 10.6 Å². The number of hydrogen-bond donors (Lipinski definition) is 2. The number of nitrogen functional groups attached to an aromatic ring is 1. The van der Waals surface area contributed by atoms with Crippen LogP contribution in [-0.2, 0) is 11.3 Å². The van der Waals surface area contributed by atoms with Gasteiger partial charge in [0.1, 0.15) is 18.2 Å². The fraction of sp³-hybridized carbons (Fsp3) is 0.667. The first-order valence-corrected chi connectivity index (χ1v) is 6.31. The van der Waals surface area contributed by atoms with E-state index >= 15 is 0 Å². The summed E-state index contributed by atoms with van der Waals surface area (Å²) in [5.41, 5.74) is 2.57. The zero-order valence-electron chi connectivity index (χ0n) is 11.6. The molecule has 0 amide bonds. The number of aromatic nitrogens is 2. The second-order valence-electron chi connectivity index (χ2n) is 4.19. The highest BCUT2D eigenvalue weighted by molar-refractivity contribution is 5.49. The van der Waals surface area contributed by atoms with Gasteiger partial charge in [-0.15, -0.1) is 0 Å². The lowest BCUT2D eigenvalue weighted by atomic mass is 10.3. The first-order valence-electron chi connectivity index (χ1n) is 6.31. The van der Waals surface area contributed by atoms with Gasteiger partial charge < -0.3 is 15.1 Å². The van der Waals surface area contributed by atoms with Gasteiger partial charge in [0.2, 0.25) is 0 Å². The third-order valence-electron chi connectivity index (χ3n) is 2.60. The van der Waals surface area contributed by atoms with Crippen LogP contribution in [0.1, 0.15) is 33.5 Å². The lowest BCUT2D eigenvalue weighted by Gasteiger charge is -2.26. The topological polar surface area (TPSA) is 76.3 Å². The van der Waals surface area contributed by atoms with Gasteiger partial charge in [0, 0.05) is 25.3 Å². The molecule has 6 heteroatoms. The number of hydrogen-bond acceptors (Lipinski definition) is 6. The molecule has 18 heavy (non-hydrogen) atoms. The molecule has 0 unspecified atom stereocenters. The standard InChI is InChI=1S/C12H23N5O/c1-5-17(9(3)4)12-7-10(16-13)14-11(15-12)8-18-6-2/h7,9H,5-6,8,13H2,1-4H3,(H,14,15,16). The Labute approximate surface area is 109 Å². The van der Waals surface area contributed by atoms with Gasteiger partial charge in [0.25, 0.3) is 0 Å². The summed E-state index contributed by atoms with van der Waals surface area (Å²) >= 11 is 0. The fourth-order valence-electron chi connectivity index (χ4n) is 1.75. The molecule has 1 aromatic heterocycles. The van der Waals surface area contributed by atoms with Crippen LogP contribution in [0.5, 0.6) is 0 Å². The number of rotatable bonds is 7. The van der Waals surface area contributed by atoms with Crippen LogP contribution in [-0.4, -0.2) is 29.2 Å². The fourth-order valence-corrected chi connectivity index (χ4v) is 1.75. The molecule has 1 rings (SSSR count). The van der Waals surface area contributed by atoms with Crippen molar-refractivity contribution in [2.75, 3.05) is 23.5 Å². The van der Waals surface area contributed by atoms with Crippen molar-refractivity contribution < 1.29 is 4.74 Å². The molecule has 0 saturated carbocycles. The molecule has 0 atom stereocenters. The molecule has 0 saturated heterocycles. The van der Waals surface area contributed by atoms with Crippen molar-refractivity contribution in [3.8, 4) is 0 Å². The summed E-state index contributed by atoms with van der Waals surface area (Å²) in [6, 6.07) is 2.22. The van der Waals surface area contributed by atoms with Crippen molar-refractivity contribution in [2.45, 2.75) is 40.3 Å². The smallest absolute Gasteiger partial charge is 0.158 e. The highest BCUT2D eigenvalue weighted by atomic mass is 16.5. The summed E-state index contributed by atoms with van der Waals surface area (Å²) in [4.78, 5) is 11.0. The maximum absolute atomic E-state index is 5.43. The summed E-state index contributed by atoms with van der Waals surface area (Å²) < 4.78 is 5.34. The van der Waals surface area contributed by atoms with E-state index in [9.17, 15) is 0 Å². The molecule has 0 spiro atoms. The highest BCUT2D eigenvalue weighted by Gasteiger charge is 2.12. The van der Waals surface area contributed by atoms with Crippen LogP contribution in [0.2, 0.25) is 0 Å². The Hall–Kier alpha value is -1.40. The van der Waals surface area contributed by atoms with E-state index < -0.39 is 0 Å². The van der Waals surface area contributed by atoms with Crippen molar-refractivity contribution >= 4 is 11.6 Å². The van der Waals surface area contributed by atoms with E-state index in [1.54, 1.807) is 0 Å². The van der Waals surface area contributed by atoms with Gasteiger partial charge in [-0.3, -0.25) is 0 Å². The van der Waals surface area contributed by atoms with E-state index in [2.05, 4.69) is 41.1 Å². The monoisotopic (exact) mass is 253 g/mol. The van der Waals surface area contributed by atoms with Crippen LogP contribution in [0.4, 0.5) is 11.6 Å². The largest absolute Gasteiger partial charge is 0.374 e. The molecular weight excluding hydrogens is 230 g/mol. The van der Waals surface area contributed by atoms with Crippen LogP contribution >= 0.6 is 0 Å². The van der Waals surface area contributed by atoms with Crippen LogP contribution in [0.15, 0.2) is 6.07 Å². The number of ether oxygens (including phenoxy) is 1.